The summed E-state index contributed by atoms with van der Waals surface area (Å²) in [5.74, 6) is 1.75. The van der Waals surface area contributed by atoms with Gasteiger partial charge < -0.3 is 10.6 Å². The largest absolute Gasteiger partial charge is 0.397 e. The molecule has 0 unspecified atom stereocenters. The van der Waals surface area contributed by atoms with Crippen LogP contribution in [0.2, 0.25) is 0 Å². The zero-order chi connectivity index (χ0) is 13.9. The Labute approximate surface area is 117 Å². The molecule has 1 aliphatic heterocycles. The Kier molecular flexibility index (Phi) is 3.46. The van der Waals surface area contributed by atoms with Crippen molar-refractivity contribution in [2.24, 2.45) is 7.05 Å². The molecular formula is C12H18N8. The monoisotopic (exact) mass is 274 g/mol. The third kappa shape index (κ3) is 2.85. The molecule has 8 heteroatoms. The molecule has 2 aromatic heterocycles. The van der Waals surface area contributed by atoms with Crippen LogP contribution in [0.15, 0.2) is 18.3 Å². The Morgan fingerprint density at radius 2 is 2.00 bits per heavy atom. The molecular weight excluding hydrogens is 256 g/mol. The first-order valence-electron chi connectivity index (χ1n) is 6.62. The topological polar surface area (TPSA) is 89.0 Å². The molecule has 3 heterocycles. The van der Waals surface area contributed by atoms with Crippen LogP contribution in [0.3, 0.4) is 0 Å². The number of anilines is 2. The molecule has 0 amide bonds. The summed E-state index contributed by atoms with van der Waals surface area (Å²) in [6.45, 7) is 4.56. The van der Waals surface area contributed by atoms with Crippen LogP contribution in [0.1, 0.15) is 5.82 Å². The maximum Gasteiger partial charge on any atom is 0.188 e. The summed E-state index contributed by atoms with van der Waals surface area (Å²) in [5.41, 5.74) is 6.35. The molecule has 0 bridgehead atoms. The molecule has 2 aromatic rings. The molecule has 0 spiro atoms. The summed E-state index contributed by atoms with van der Waals surface area (Å²) in [5, 5.41) is 12.1. The van der Waals surface area contributed by atoms with Crippen LogP contribution in [0.4, 0.5) is 11.5 Å². The molecule has 0 atom stereocenters. The SMILES string of the molecule is Cn1nnc(CN2CCN(c3ccc(N)cn3)CC2)n1. The third-order valence-corrected chi connectivity index (χ3v) is 3.38. The third-order valence-electron chi connectivity index (χ3n) is 3.38. The minimum Gasteiger partial charge on any atom is -0.397 e. The summed E-state index contributed by atoms with van der Waals surface area (Å²) in [7, 11) is 1.78. The van der Waals surface area contributed by atoms with E-state index < -0.39 is 0 Å². The van der Waals surface area contributed by atoms with E-state index in [1.165, 1.54) is 4.80 Å². The second-order valence-corrected chi connectivity index (χ2v) is 4.91. The van der Waals surface area contributed by atoms with Crippen molar-refractivity contribution in [1.29, 1.82) is 0 Å². The van der Waals surface area contributed by atoms with Gasteiger partial charge in [-0.25, -0.2) is 4.98 Å². The summed E-state index contributed by atoms with van der Waals surface area (Å²) in [6.07, 6.45) is 1.70. The number of nitrogens with zero attached hydrogens (tertiary/aromatic N) is 7. The van der Waals surface area contributed by atoms with Crippen LogP contribution in [0.5, 0.6) is 0 Å². The van der Waals surface area contributed by atoms with E-state index in [4.69, 9.17) is 5.73 Å². The van der Waals surface area contributed by atoms with Crippen LogP contribution in [-0.2, 0) is 13.6 Å². The number of nitrogens with two attached hydrogens (primary N) is 1. The number of tetrazole rings is 1. The maximum atomic E-state index is 5.66. The second kappa shape index (κ2) is 5.41. The molecule has 8 nitrogen and oxygen atoms in total. The van der Waals surface area contributed by atoms with Gasteiger partial charge in [0, 0.05) is 26.2 Å². The van der Waals surface area contributed by atoms with E-state index >= 15 is 0 Å². The molecule has 106 valence electrons. The van der Waals surface area contributed by atoms with Gasteiger partial charge in [0.1, 0.15) is 5.82 Å². The van der Waals surface area contributed by atoms with Crippen molar-refractivity contribution in [3.8, 4) is 0 Å². The van der Waals surface area contributed by atoms with Gasteiger partial charge in [-0.05, 0) is 17.3 Å². The first-order valence-corrected chi connectivity index (χ1v) is 6.62. The lowest BCUT2D eigenvalue weighted by atomic mass is 10.3. The second-order valence-electron chi connectivity index (χ2n) is 4.91. The Morgan fingerprint density at radius 3 is 2.60 bits per heavy atom. The lowest BCUT2D eigenvalue weighted by Gasteiger charge is -2.34. The molecule has 0 radical (unpaired) electrons. The van der Waals surface area contributed by atoms with Crippen molar-refractivity contribution in [3.05, 3.63) is 24.2 Å². The zero-order valence-electron chi connectivity index (χ0n) is 11.5. The molecule has 1 aliphatic rings. The van der Waals surface area contributed by atoms with Gasteiger partial charge in [0.2, 0.25) is 0 Å². The van der Waals surface area contributed by atoms with Gasteiger partial charge in [-0.1, -0.05) is 0 Å². The smallest absolute Gasteiger partial charge is 0.188 e. The lowest BCUT2D eigenvalue weighted by molar-refractivity contribution is 0.243. The highest BCUT2D eigenvalue weighted by atomic mass is 15.6. The van der Waals surface area contributed by atoms with Crippen molar-refractivity contribution >= 4 is 11.5 Å². The van der Waals surface area contributed by atoms with E-state index in [1.54, 1.807) is 13.2 Å². The Morgan fingerprint density at radius 1 is 1.20 bits per heavy atom. The lowest BCUT2D eigenvalue weighted by Crippen LogP contribution is -2.46. The molecule has 20 heavy (non-hydrogen) atoms. The number of aryl methyl sites for hydroxylation is 1. The number of aromatic nitrogens is 5. The number of rotatable bonds is 3. The first kappa shape index (κ1) is 12.8. The fourth-order valence-electron chi connectivity index (χ4n) is 2.31. The number of piperazine rings is 1. The summed E-state index contributed by atoms with van der Waals surface area (Å²) in [4.78, 5) is 10.4. The van der Waals surface area contributed by atoms with E-state index in [2.05, 4.69) is 30.2 Å². The molecule has 1 fully saturated rings. The Bertz CT molecular complexity index is 555. The fraction of sp³-hybridized carbons (Fsp3) is 0.500. The van der Waals surface area contributed by atoms with Crippen molar-refractivity contribution in [2.75, 3.05) is 36.8 Å². The quantitative estimate of drug-likeness (QED) is 0.807. The van der Waals surface area contributed by atoms with E-state index in [9.17, 15) is 0 Å². The maximum absolute atomic E-state index is 5.66. The van der Waals surface area contributed by atoms with E-state index in [0.717, 1.165) is 44.4 Å². The van der Waals surface area contributed by atoms with Gasteiger partial charge in [-0.15, -0.1) is 10.2 Å². The molecule has 0 aliphatic carbocycles. The molecule has 2 N–H and O–H groups in total. The summed E-state index contributed by atoms with van der Waals surface area (Å²) >= 11 is 0. The zero-order valence-corrected chi connectivity index (χ0v) is 11.5. The van der Waals surface area contributed by atoms with Gasteiger partial charge in [0.05, 0.1) is 25.5 Å². The highest BCUT2D eigenvalue weighted by Gasteiger charge is 2.19. The predicted molar refractivity (Wildman–Crippen MR) is 74.9 cm³/mol. The van der Waals surface area contributed by atoms with Crippen LogP contribution in [0.25, 0.3) is 0 Å². The van der Waals surface area contributed by atoms with Gasteiger partial charge >= 0.3 is 0 Å². The van der Waals surface area contributed by atoms with Crippen LogP contribution < -0.4 is 10.6 Å². The first-order chi connectivity index (χ1) is 9.70. The minimum atomic E-state index is 0.695. The standard InChI is InChI=1S/C12H18N8/c1-18-16-11(15-17-18)9-19-4-6-20(7-5-19)12-3-2-10(13)8-14-12/h2-3,8H,4-7,9,13H2,1H3. The number of hydrogen-bond donors (Lipinski definition) is 1. The van der Waals surface area contributed by atoms with Crippen LogP contribution in [-0.4, -0.2) is 56.3 Å². The number of nitrogen functional groups attached to an aromatic ring is 1. The van der Waals surface area contributed by atoms with E-state index in [1.807, 2.05) is 12.1 Å². The minimum absolute atomic E-state index is 0.695. The van der Waals surface area contributed by atoms with Gasteiger partial charge in [0.15, 0.2) is 5.82 Å². The fourth-order valence-corrected chi connectivity index (χ4v) is 2.31. The average molecular weight is 274 g/mol. The van der Waals surface area contributed by atoms with Crippen molar-refractivity contribution in [1.82, 2.24) is 30.1 Å². The average Bonchev–Trinajstić information content (AvgIpc) is 2.86. The Balaban J connectivity index is 1.55. The summed E-state index contributed by atoms with van der Waals surface area (Å²) < 4.78 is 0. The van der Waals surface area contributed by atoms with Crippen LogP contribution >= 0.6 is 0 Å². The van der Waals surface area contributed by atoms with Gasteiger partial charge in [-0.3, -0.25) is 4.90 Å². The Hall–Kier alpha value is -2.22. The van der Waals surface area contributed by atoms with Gasteiger partial charge in [-0.2, -0.15) is 4.80 Å². The van der Waals surface area contributed by atoms with E-state index in [-0.39, 0.29) is 0 Å². The molecule has 3 rings (SSSR count). The molecule has 0 saturated carbocycles. The predicted octanol–water partition coefficient (Wildman–Crippen LogP) is -0.490. The van der Waals surface area contributed by atoms with E-state index in [0.29, 0.717) is 5.69 Å². The number of hydrogen-bond acceptors (Lipinski definition) is 7. The summed E-state index contributed by atoms with van der Waals surface area (Å²) in [6, 6.07) is 3.85. The highest BCUT2D eigenvalue weighted by Crippen LogP contribution is 2.15. The molecule has 1 saturated heterocycles. The van der Waals surface area contributed by atoms with Crippen molar-refractivity contribution in [2.45, 2.75) is 6.54 Å². The normalized spacial score (nSPS) is 16.6. The van der Waals surface area contributed by atoms with Crippen LogP contribution in [0, 0.1) is 0 Å². The van der Waals surface area contributed by atoms with Crippen molar-refractivity contribution < 1.29 is 0 Å². The highest BCUT2D eigenvalue weighted by molar-refractivity contribution is 5.46. The molecule has 0 aromatic carbocycles. The number of pyridine rings is 1. The van der Waals surface area contributed by atoms with Crippen molar-refractivity contribution in [3.63, 3.8) is 0 Å². The van der Waals surface area contributed by atoms with Gasteiger partial charge in [0.25, 0.3) is 0 Å².